The van der Waals surface area contributed by atoms with Crippen molar-refractivity contribution in [2.45, 2.75) is 13.0 Å². The number of aromatic nitrogens is 1. The quantitative estimate of drug-likeness (QED) is 0.774. The van der Waals surface area contributed by atoms with Gasteiger partial charge in [0.2, 0.25) is 0 Å². The van der Waals surface area contributed by atoms with Crippen molar-refractivity contribution in [3.63, 3.8) is 0 Å². The Hall–Kier alpha value is -0.610. The Kier molecular flexibility index (Phi) is 3.03. The van der Waals surface area contributed by atoms with Gasteiger partial charge >= 0.3 is 0 Å². The van der Waals surface area contributed by atoms with E-state index in [1.165, 1.54) is 0 Å². The minimum atomic E-state index is 0.519. The lowest BCUT2D eigenvalue weighted by molar-refractivity contribution is 0.497. The molecule has 4 heteroatoms. The Balaban J connectivity index is 2.20. The highest BCUT2D eigenvalue weighted by atomic mass is 79.9. The van der Waals surface area contributed by atoms with Gasteiger partial charge in [0.05, 0.1) is 0 Å². The first-order valence-corrected chi connectivity index (χ1v) is 5.66. The predicted molar refractivity (Wildman–Crippen MR) is 61.6 cm³/mol. The summed E-state index contributed by atoms with van der Waals surface area (Å²) in [5, 5.41) is 3.37. The summed E-state index contributed by atoms with van der Waals surface area (Å²) in [5.41, 5.74) is 0. The van der Waals surface area contributed by atoms with E-state index >= 15 is 0 Å². The highest BCUT2D eigenvalue weighted by Crippen LogP contribution is 2.17. The van der Waals surface area contributed by atoms with Crippen LogP contribution in [0.15, 0.2) is 22.8 Å². The molecule has 0 bridgehead atoms. The number of halogens is 1. The molecular weight excluding hydrogens is 242 g/mol. The Labute approximate surface area is 92.6 Å². The number of rotatable bonds is 1. The molecule has 0 spiro atoms. The summed E-state index contributed by atoms with van der Waals surface area (Å²) < 4.78 is 0.903. The minimum Gasteiger partial charge on any atom is -0.351 e. The maximum absolute atomic E-state index is 4.46. The van der Waals surface area contributed by atoms with Gasteiger partial charge in [0.1, 0.15) is 10.4 Å². The van der Waals surface area contributed by atoms with Crippen LogP contribution in [0.5, 0.6) is 0 Å². The first-order chi connectivity index (χ1) is 6.77. The lowest BCUT2D eigenvalue weighted by Gasteiger charge is -2.34. The smallest absolute Gasteiger partial charge is 0.130 e. The molecule has 1 aromatic rings. The fraction of sp³-hybridized carbons (Fsp3) is 0.500. The number of pyridine rings is 1. The van der Waals surface area contributed by atoms with Gasteiger partial charge in [-0.2, -0.15) is 0 Å². The Morgan fingerprint density at radius 3 is 3.14 bits per heavy atom. The molecule has 0 amide bonds. The Bertz CT molecular complexity index is 316. The van der Waals surface area contributed by atoms with E-state index in [9.17, 15) is 0 Å². The van der Waals surface area contributed by atoms with E-state index < -0.39 is 0 Å². The summed E-state index contributed by atoms with van der Waals surface area (Å²) >= 11 is 3.40. The van der Waals surface area contributed by atoms with Crippen molar-refractivity contribution in [2.24, 2.45) is 0 Å². The highest BCUT2D eigenvalue weighted by molar-refractivity contribution is 9.10. The predicted octanol–water partition coefficient (Wildman–Crippen LogP) is 1.64. The third-order valence-corrected chi connectivity index (χ3v) is 2.94. The average molecular weight is 256 g/mol. The van der Waals surface area contributed by atoms with E-state index in [0.29, 0.717) is 6.04 Å². The highest BCUT2D eigenvalue weighted by Gasteiger charge is 2.18. The Morgan fingerprint density at radius 1 is 1.57 bits per heavy atom. The lowest BCUT2D eigenvalue weighted by atomic mass is 10.2. The first-order valence-electron chi connectivity index (χ1n) is 4.87. The van der Waals surface area contributed by atoms with Gasteiger partial charge in [0.25, 0.3) is 0 Å². The molecule has 0 aromatic carbocycles. The van der Waals surface area contributed by atoms with E-state index in [1.54, 1.807) is 0 Å². The zero-order valence-electron chi connectivity index (χ0n) is 8.20. The van der Waals surface area contributed by atoms with Crippen LogP contribution < -0.4 is 10.2 Å². The van der Waals surface area contributed by atoms with Crippen LogP contribution in [0.25, 0.3) is 0 Å². The van der Waals surface area contributed by atoms with E-state index in [-0.39, 0.29) is 0 Å². The van der Waals surface area contributed by atoms with Crippen molar-refractivity contribution in [3.8, 4) is 0 Å². The molecule has 2 heterocycles. The molecule has 76 valence electrons. The monoisotopic (exact) mass is 255 g/mol. The van der Waals surface area contributed by atoms with Gasteiger partial charge in [-0.05, 0) is 35.0 Å². The largest absolute Gasteiger partial charge is 0.351 e. The second-order valence-electron chi connectivity index (χ2n) is 3.57. The average Bonchev–Trinajstić information content (AvgIpc) is 2.18. The van der Waals surface area contributed by atoms with Crippen LogP contribution in [0.3, 0.4) is 0 Å². The second kappa shape index (κ2) is 4.28. The molecule has 1 aromatic heterocycles. The van der Waals surface area contributed by atoms with Gasteiger partial charge < -0.3 is 10.2 Å². The topological polar surface area (TPSA) is 28.2 Å². The summed E-state index contributed by atoms with van der Waals surface area (Å²) in [7, 11) is 0. The van der Waals surface area contributed by atoms with E-state index in [2.05, 4.69) is 44.1 Å². The first kappa shape index (κ1) is 9.93. The summed E-state index contributed by atoms with van der Waals surface area (Å²) in [6.07, 6.45) is 0. The van der Waals surface area contributed by atoms with Gasteiger partial charge in [-0.1, -0.05) is 6.07 Å². The molecule has 14 heavy (non-hydrogen) atoms. The number of hydrogen-bond acceptors (Lipinski definition) is 3. The standard InChI is InChI=1S/C10H14BrN3/c1-8-7-12-5-6-14(8)10-4-2-3-9(11)13-10/h2-4,8,12H,5-7H2,1H3/t8-/m0/s1. The molecule has 1 N–H and O–H groups in total. The lowest BCUT2D eigenvalue weighted by Crippen LogP contribution is -2.50. The number of nitrogens with one attached hydrogen (secondary N) is 1. The molecular formula is C10H14BrN3. The molecule has 2 rings (SSSR count). The summed E-state index contributed by atoms with van der Waals surface area (Å²) in [6.45, 7) is 5.33. The maximum Gasteiger partial charge on any atom is 0.130 e. The van der Waals surface area contributed by atoms with Crippen molar-refractivity contribution in [3.05, 3.63) is 22.8 Å². The van der Waals surface area contributed by atoms with Crippen LogP contribution in [0.2, 0.25) is 0 Å². The number of piperazine rings is 1. The van der Waals surface area contributed by atoms with Crippen LogP contribution in [0.1, 0.15) is 6.92 Å². The normalized spacial score (nSPS) is 22.4. The zero-order valence-corrected chi connectivity index (χ0v) is 9.79. The molecule has 1 atom stereocenters. The fourth-order valence-electron chi connectivity index (χ4n) is 1.74. The number of hydrogen-bond donors (Lipinski definition) is 1. The molecule has 0 aliphatic carbocycles. The van der Waals surface area contributed by atoms with E-state index in [0.717, 1.165) is 30.1 Å². The van der Waals surface area contributed by atoms with Crippen molar-refractivity contribution in [2.75, 3.05) is 24.5 Å². The van der Waals surface area contributed by atoms with Crippen LogP contribution in [0.4, 0.5) is 5.82 Å². The minimum absolute atomic E-state index is 0.519. The van der Waals surface area contributed by atoms with E-state index in [4.69, 9.17) is 0 Å². The summed E-state index contributed by atoms with van der Waals surface area (Å²) in [6, 6.07) is 6.56. The SMILES string of the molecule is C[C@H]1CNCCN1c1cccc(Br)n1. The summed E-state index contributed by atoms with van der Waals surface area (Å²) in [4.78, 5) is 6.80. The molecule has 1 fully saturated rings. The van der Waals surface area contributed by atoms with Crippen LogP contribution >= 0.6 is 15.9 Å². The number of nitrogens with zero attached hydrogens (tertiary/aromatic N) is 2. The molecule has 0 radical (unpaired) electrons. The van der Waals surface area contributed by atoms with Crippen molar-refractivity contribution in [1.82, 2.24) is 10.3 Å². The zero-order chi connectivity index (χ0) is 9.97. The maximum atomic E-state index is 4.46. The molecule has 1 aliphatic heterocycles. The van der Waals surface area contributed by atoms with Crippen LogP contribution in [-0.2, 0) is 0 Å². The van der Waals surface area contributed by atoms with Crippen molar-refractivity contribution >= 4 is 21.7 Å². The molecule has 1 aliphatic rings. The summed E-state index contributed by atoms with van der Waals surface area (Å²) in [5.74, 6) is 1.06. The van der Waals surface area contributed by atoms with Crippen molar-refractivity contribution < 1.29 is 0 Å². The molecule has 1 saturated heterocycles. The molecule has 3 nitrogen and oxygen atoms in total. The third kappa shape index (κ3) is 2.07. The van der Waals surface area contributed by atoms with E-state index in [1.807, 2.05) is 12.1 Å². The van der Waals surface area contributed by atoms with Crippen LogP contribution in [0, 0.1) is 0 Å². The Morgan fingerprint density at radius 2 is 2.43 bits per heavy atom. The van der Waals surface area contributed by atoms with Gasteiger partial charge in [0, 0.05) is 25.7 Å². The van der Waals surface area contributed by atoms with Gasteiger partial charge in [-0.25, -0.2) is 4.98 Å². The third-order valence-electron chi connectivity index (χ3n) is 2.50. The van der Waals surface area contributed by atoms with Crippen molar-refractivity contribution in [1.29, 1.82) is 0 Å². The number of anilines is 1. The molecule has 0 saturated carbocycles. The van der Waals surface area contributed by atoms with Gasteiger partial charge in [-0.3, -0.25) is 0 Å². The second-order valence-corrected chi connectivity index (χ2v) is 4.38. The van der Waals surface area contributed by atoms with Gasteiger partial charge in [-0.15, -0.1) is 0 Å². The van der Waals surface area contributed by atoms with Gasteiger partial charge in [0.15, 0.2) is 0 Å². The van der Waals surface area contributed by atoms with Crippen LogP contribution in [-0.4, -0.2) is 30.7 Å². The fourth-order valence-corrected chi connectivity index (χ4v) is 2.07. The molecule has 0 unspecified atom stereocenters.